The second kappa shape index (κ2) is 10.4. The van der Waals surface area contributed by atoms with E-state index in [1.165, 1.54) is 6.07 Å². The van der Waals surface area contributed by atoms with E-state index in [4.69, 9.17) is 10.1 Å². The predicted molar refractivity (Wildman–Crippen MR) is 144 cm³/mol. The van der Waals surface area contributed by atoms with Gasteiger partial charge in [0.25, 0.3) is 5.91 Å². The summed E-state index contributed by atoms with van der Waals surface area (Å²) in [5.41, 5.74) is 4.45. The summed E-state index contributed by atoms with van der Waals surface area (Å²) in [7, 11) is -3.75. The van der Waals surface area contributed by atoms with E-state index >= 15 is 0 Å². The zero-order valence-corrected chi connectivity index (χ0v) is 22.7. The predicted octanol–water partition coefficient (Wildman–Crippen LogP) is 2.92. The maximum Gasteiger partial charge on any atom is 0.354 e. The molecule has 40 heavy (non-hydrogen) atoms. The SMILES string of the molecule is CC1(C)CCc2c1nc1c(c2NC(=O)N=S(N)(=O)c2cnn(C(=O)CNC(=O)Nc3ccc(F)cn3)c2)CCC1. The Labute approximate surface area is 229 Å². The largest absolute Gasteiger partial charge is 0.354 e. The van der Waals surface area contributed by atoms with Crippen molar-refractivity contribution < 1.29 is 23.0 Å². The quantitative estimate of drug-likeness (QED) is 0.364. The molecule has 0 fully saturated rings. The van der Waals surface area contributed by atoms with Gasteiger partial charge in [0, 0.05) is 11.1 Å². The first-order valence-electron chi connectivity index (χ1n) is 12.6. The lowest BCUT2D eigenvalue weighted by Gasteiger charge is -2.20. The highest BCUT2D eigenvalue weighted by Crippen LogP contribution is 2.44. The van der Waals surface area contributed by atoms with Crippen LogP contribution in [0.2, 0.25) is 0 Å². The first kappa shape index (κ1) is 27.3. The van der Waals surface area contributed by atoms with E-state index in [0.717, 1.165) is 84.0 Å². The minimum atomic E-state index is -3.75. The van der Waals surface area contributed by atoms with E-state index in [2.05, 4.69) is 44.2 Å². The second-order valence-corrected chi connectivity index (χ2v) is 12.0. The number of carbonyl (C=O) groups excluding carboxylic acids is 3. The van der Waals surface area contributed by atoms with Crippen LogP contribution >= 0.6 is 0 Å². The zero-order chi connectivity index (χ0) is 28.7. The summed E-state index contributed by atoms with van der Waals surface area (Å²) in [6.45, 7) is 3.77. The molecule has 0 aliphatic heterocycles. The van der Waals surface area contributed by atoms with Gasteiger partial charge in [-0.1, -0.05) is 13.8 Å². The normalized spacial score (nSPS) is 16.4. The maximum absolute atomic E-state index is 13.1. The molecule has 0 radical (unpaired) electrons. The highest BCUT2D eigenvalue weighted by atomic mass is 32.2. The minimum absolute atomic E-state index is 0.0841. The van der Waals surface area contributed by atoms with Gasteiger partial charge in [-0.25, -0.2) is 33.0 Å². The Kier molecular flexibility index (Phi) is 7.10. The Morgan fingerprint density at radius 3 is 2.70 bits per heavy atom. The summed E-state index contributed by atoms with van der Waals surface area (Å²) in [6.07, 6.45) is 7.31. The highest BCUT2D eigenvalue weighted by Gasteiger charge is 2.36. The molecule has 13 nitrogen and oxygen atoms in total. The van der Waals surface area contributed by atoms with Gasteiger partial charge < -0.3 is 10.6 Å². The van der Waals surface area contributed by atoms with Gasteiger partial charge in [0.05, 0.1) is 30.0 Å². The molecule has 1 unspecified atom stereocenters. The third-order valence-corrected chi connectivity index (χ3v) is 8.26. The van der Waals surface area contributed by atoms with Crippen molar-refractivity contribution in [3.05, 3.63) is 59.1 Å². The van der Waals surface area contributed by atoms with E-state index in [0.29, 0.717) is 5.69 Å². The van der Waals surface area contributed by atoms with E-state index in [-0.39, 0.29) is 16.1 Å². The van der Waals surface area contributed by atoms with Crippen molar-refractivity contribution in [2.75, 3.05) is 17.2 Å². The Bertz CT molecular complexity index is 1640. The monoisotopic (exact) mass is 569 g/mol. The van der Waals surface area contributed by atoms with Crippen LogP contribution in [0.5, 0.6) is 0 Å². The van der Waals surface area contributed by atoms with Crippen LogP contribution < -0.4 is 21.1 Å². The molecule has 5 rings (SSSR count). The van der Waals surface area contributed by atoms with Gasteiger partial charge >= 0.3 is 12.1 Å². The number of aromatic nitrogens is 4. The van der Waals surface area contributed by atoms with Crippen LogP contribution in [-0.4, -0.2) is 48.5 Å². The number of nitrogens with zero attached hydrogens (tertiary/aromatic N) is 5. The molecule has 2 aliphatic carbocycles. The van der Waals surface area contributed by atoms with Gasteiger partial charge in [-0.15, -0.1) is 4.36 Å². The van der Waals surface area contributed by atoms with Gasteiger partial charge in [-0.05, 0) is 55.4 Å². The Morgan fingerprint density at radius 1 is 1.15 bits per heavy atom. The molecule has 3 heterocycles. The van der Waals surface area contributed by atoms with Crippen LogP contribution in [0.25, 0.3) is 0 Å². The number of rotatable bonds is 5. The Balaban J connectivity index is 1.26. The minimum Gasteiger partial charge on any atom is -0.329 e. The summed E-state index contributed by atoms with van der Waals surface area (Å²) in [6, 6.07) is 0.744. The fraction of sp³-hybridized carbons (Fsp3) is 0.360. The number of fused-ring (bicyclic) bond motifs is 2. The van der Waals surface area contributed by atoms with E-state index in [1.807, 2.05) is 0 Å². The van der Waals surface area contributed by atoms with Crippen molar-refractivity contribution in [1.82, 2.24) is 25.1 Å². The lowest BCUT2D eigenvalue weighted by molar-refractivity contribution is 0.0899. The maximum atomic E-state index is 13.1. The average molecular weight is 570 g/mol. The Hall–Kier alpha value is -4.24. The lowest BCUT2D eigenvalue weighted by atomic mass is 9.90. The van der Waals surface area contributed by atoms with Crippen LogP contribution in [0.1, 0.15) is 54.0 Å². The number of pyridine rings is 2. The standard InChI is InChI=1S/C25H28FN9O4S/c1-25(2)9-8-17-21(16-4-3-5-18(16)31-22(17)25)33-24(38)34-40(27,39)15-11-30-35(13-15)20(36)12-29-23(37)32-19-7-6-14(26)10-28-19/h6-7,10-11,13H,3-5,8-9,12H2,1-2H3,(H2,28,29,32,37)(H3,27,31,33,34,38,39). The number of nitrogens with two attached hydrogens (primary N) is 1. The van der Waals surface area contributed by atoms with Crippen LogP contribution in [0.4, 0.5) is 25.5 Å². The molecule has 0 spiro atoms. The highest BCUT2D eigenvalue weighted by molar-refractivity contribution is 7.91. The third kappa shape index (κ3) is 5.56. The molecule has 0 bridgehead atoms. The average Bonchev–Trinajstić information content (AvgIpc) is 3.63. The smallest absolute Gasteiger partial charge is 0.329 e. The van der Waals surface area contributed by atoms with Crippen molar-refractivity contribution in [2.45, 2.75) is 56.3 Å². The van der Waals surface area contributed by atoms with Gasteiger partial charge in [0.2, 0.25) is 0 Å². The van der Waals surface area contributed by atoms with Crippen molar-refractivity contribution in [2.24, 2.45) is 9.50 Å². The number of hydrogen-bond acceptors (Lipinski definition) is 7. The van der Waals surface area contributed by atoms with E-state index < -0.39 is 40.2 Å². The summed E-state index contributed by atoms with van der Waals surface area (Å²) in [4.78, 5) is 45.8. The summed E-state index contributed by atoms with van der Waals surface area (Å²) < 4.78 is 30.6. The van der Waals surface area contributed by atoms with E-state index in [9.17, 15) is 23.0 Å². The fourth-order valence-corrected chi connectivity index (χ4v) is 5.73. The molecule has 0 saturated heterocycles. The van der Waals surface area contributed by atoms with E-state index in [1.54, 1.807) is 0 Å². The number of hydrogen-bond donors (Lipinski definition) is 4. The zero-order valence-electron chi connectivity index (χ0n) is 21.9. The molecular weight excluding hydrogens is 541 g/mol. The molecule has 210 valence electrons. The molecule has 1 atom stereocenters. The van der Waals surface area contributed by atoms with Crippen molar-refractivity contribution in [1.29, 1.82) is 0 Å². The van der Waals surface area contributed by atoms with Crippen molar-refractivity contribution in [3.8, 4) is 0 Å². The molecule has 3 aromatic heterocycles. The van der Waals surface area contributed by atoms with Crippen molar-refractivity contribution in [3.63, 3.8) is 0 Å². The first-order chi connectivity index (χ1) is 18.9. The van der Waals surface area contributed by atoms with Crippen LogP contribution in [0.15, 0.2) is 40.0 Å². The third-order valence-electron chi connectivity index (χ3n) is 6.94. The number of halogens is 1. The summed E-state index contributed by atoms with van der Waals surface area (Å²) in [5, 5.41) is 17.2. The van der Waals surface area contributed by atoms with Gasteiger partial charge in [0.15, 0.2) is 0 Å². The molecule has 0 saturated carbocycles. The lowest BCUT2D eigenvalue weighted by Crippen LogP contribution is -2.35. The number of amides is 4. The molecule has 3 aromatic rings. The number of nitrogens with one attached hydrogen (secondary N) is 3. The second-order valence-electron chi connectivity index (χ2n) is 10.3. The summed E-state index contributed by atoms with van der Waals surface area (Å²) in [5.74, 6) is -1.16. The topological polar surface area (TPSA) is 186 Å². The Morgan fingerprint density at radius 2 is 1.95 bits per heavy atom. The number of carbonyl (C=O) groups is 3. The van der Waals surface area contributed by atoms with Gasteiger partial charge in [-0.3, -0.25) is 15.1 Å². The fourth-order valence-electron chi connectivity index (χ4n) is 4.88. The molecule has 2 aliphatic rings. The molecule has 4 amide bonds. The molecule has 15 heteroatoms. The van der Waals surface area contributed by atoms with Crippen molar-refractivity contribution >= 4 is 39.4 Å². The molecule has 5 N–H and O–H groups in total. The number of urea groups is 2. The number of anilines is 2. The first-order valence-corrected chi connectivity index (χ1v) is 14.2. The van der Waals surface area contributed by atoms with Crippen LogP contribution in [0, 0.1) is 5.82 Å². The molecule has 0 aromatic carbocycles. The van der Waals surface area contributed by atoms with Gasteiger partial charge in [0.1, 0.15) is 33.0 Å². The molecular formula is C25H28FN9O4S. The van der Waals surface area contributed by atoms with Crippen LogP contribution in [0.3, 0.4) is 0 Å². The van der Waals surface area contributed by atoms with Gasteiger partial charge in [-0.2, -0.15) is 5.10 Å². The summed E-state index contributed by atoms with van der Waals surface area (Å²) >= 11 is 0. The van der Waals surface area contributed by atoms with Crippen LogP contribution in [-0.2, 0) is 34.6 Å². The number of aryl methyl sites for hydroxylation is 1.